The summed E-state index contributed by atoms with van der Waals surface area (Å²) in [6, 6.07) is 20.4. The van der Waals surface area contributed by atoms with E-state index in [1.807, 2.05) is 87.4 Å². The van der Waals surface area contributed by atoms with E-state index in [0.717, 1.165) is 16.8 Å². The number of likely N-dealkylation sites (N-methyl/N-ethyl adjacent to an activating group) is 1. The summed E-state index contributed by atoms with van der Waals surface area (Å²) in [5.41, 5.74) is 2.81. The van der Waals surface area contributed by atoms with Crippen molar-refractivity contribution in [2.24, 2.45) is 0 Å². The quantitative estimate of drug-likeness (QED) is 0.399. The highest BCUT2D eigenvalue weighted by atomic mass is 35.5. The molecule has 1 aliphatic rings. The second kappa shape index (κ2) is 10.5. The fourth-order valence-corrected chi connectivity index (χ4v) is 5.33. The van der Waals surface area contributed by atoms with Gasteiger partial charge in [-0.15, -0.1) is 0 Å². The van der Waals surface area contributed by atoms with Gasteiger partial charge < -0.3 is 15.1 Å². The van der Waals surface area contributed by atoms with E-state index in [0.29, 0.717) is 40.9 Å². The Bertz CT molecular complexity index is 1270. The van der Waals surface area contributed by atoms with Crippen molar-refractivity contribution in [1.29, 1.82) is 0 Å². The van der Waals surface area contributed by atoms with Crippen LogP contribution in [0.25, 0.3) is 0 Å². The predicted molar refractivity (Wildman–Crippen MR) is 147 cm³/mol. The number of hydrogen-bond acceptors (Lipinski definition) is 3. The maximum Gasteiger partial charge on any atom is 0.321 e. The molecule has 1 N–H and O–H groups in total. The van der Waals surface area contributed by atoms with E-state index in [4.69, 9.17) is 23.2 Å². The molecule has 0 saturated heterocycles. The Labute approximate surface area is 222 Å². The lowest BCUT2D eigenvalue weighted by atomic mass is 9.82. The Morgan fingerprint density at radius 1 is 0.944 bits per heavy atom. The standard InChI is InChI=1S/C28H30Cl2N4O2/c1-5-33(6-2)27(36)31-21-14-11-19(12-15-21)18-34-25-16-13-20(29)17-23(25)28(26(34)35,32(3)4)22-9-7-8-10-24(22)30/h7-17H,5-6,18H2,1-4H3,(H,31,36). The molecular formula is C28H30Cl2N4O2. The molecule has 1 atom stereocenters. The lowest BCUT2D eigenvalue weighted by Crippen LogP contribution is -2.50. The normalized spacial score (nSPS) is 16.9. The minimum atomic E-state index is -1.11. The third-order valence-corrected chi connectivity index (χ3v) is 7.29. The number of urea groups is 1. The molecule has 0 aromatic heterocycles. The minimum Gasteiger partial charge on any atom is -0.325 e. The molecule has 1 heterocycles. The summed E-state index contributed by atoms with van der Waals surface area (Å²) >= 11 is 13.1. The predicted octanol–water partition coefficient (Wildman–Crippen LogP) is 6.22. The van der Waals surface area contributed by atoms with Crippen molar-refractivity contribution in [3.05, 3.63) is 93.5 Å². The average Bonchev–Trinajstić information content (AvgIpc) is 3.09. The summed E-state index contributed by atoms with van der Waals surface area (Å²) in [6.07, 6.45) is 0. The molecule has 0 aliphatic carbocycles. The summed E-state index contributed by atoms with van der Waals surface area (Å²) < 4.78 is 0. The summed E-state index contributed by atoms with van der Waals surface area (Å²) in [5, 5.41) is 3.99. The van der Waals surface area contributed by atoms with Crippen LogP contribution in [0, 0.1) is 0 Å². The van der Waals surface area contributed by atoms with Gasteiger partial charge in [-0.2, -0.15) is 0 Å². The Morgan fingerprint density at radius 2 is 1.61 bits per heavy atom. The van der Waals surface area contributed by atoms with Crippen molar-refractivity contribution in [2.75, 3.05) is 37.4 Å². The van der Waals surface area contributed by atoms with Crippen LogP contribution in [0.1, 0.15) is 30.5 Å². The number of hydrogen-bond donors (Lipinski definition) is 1. The molecule has 4 rings (SSSR count). The van der Waals surface area contributed by atoms with Gasteiger partial charge in [-0.3, -0.25) is 9.69 Å². The first-order valence-electron chi connectivity index (χ1n) is 11.9. The van der Waals surface area contributed by atoms with Crippen LogP contribution in [0.5, 0.6) is 0 Å². The van der Waals surface area contributed by atoms with Gasteiger partial charge in [0.2, 0.25) is 0 Å². The number of fused-ring (bicyclic) bond motifs is 1. The molecular weight excluding hydrogens is 495 g/mol. The molecule has 6 nitrogen and oxygen atoms in total. The molecule has 36 heavy (non-hydrogen) atoms. The zero-order valence-corrected chi connectivity index (χ0v) is 22.4. The van der Waals surface area contributed by atoms with E-state index in [9.17, 15) is 9.59 Å². The van der Waals surface area contributed by atoms with Crippen LogP contribution in [0.4, 0.5) is 16.2 Å². The van der Waals surface area contributed by atoms with Gasteiger partial charge in [0, 0.05) is 39.9 Å². The molecule has 0 fully saturated rings. The molecule has 3 aromatic carbocycles. The number of amides is 3. The van der Waals surface area contributed by atoms with E-state index in [2.05, 4.69) is 5.32 Å². The molecule has 1 unspecified atom stereocenters. The number of carbonyl (C=O) groups is 2. The first-order chi connectivity index (χ1) is 17.2. The number of halogens is 2. The van der Waals surface area contributed by atoms with Gasteiger partial charge in [0.15, 0.2) is 5.54 Å². The first-order valence-corrected chi connectivity index (χ1v) is 12.7. The van der Waals surface area contributed by atoms with E-state index in [1.54, 1.807) is 21.9 Å². The van der Waals surface area contributed by atoms with Gasteiger partial charge in [0.25, 0.3) is 5.91 Å². The van der Waals surface area contributed by atoms with E-state index in [-0.39, 0.29) is 11.9 Å². The van der Waals surface area contributed by atoms with Crippen LogP contribution in [0.2, 0.25) is 10.0 Å². The van der Waals surface area contributed by atoms with Crippen molar-refractivity contribution in [3.8, 4) is 0 Å². The molecule has 0 saturated carbocycles. The molecule has 0 radical (unpaired) electrons. The molecule has 8 heteroatoms. The topological polar surface area (TPSA) is 55.9 Å². The molecule has 188 valence electrons. The number of anilines is 2. The summed E-state index contributed by atoms with van der Waals surface area (Å²) in [4.78, 5) is 32.0. The number of rotatable bonds is 7. The van der Waals surface area contributed by atoms with Gasteiger partial charge in [0.1, 0.15) is 0 Å². The van der Waals surface area contributed by atoms with Crippen LogP contribution in [0.3, 0.4) is 0 Å². The van der Waals surface area contributed by atoms with Gasteiger partial charge >= 0.3 is 6.03 Å². The van der Waals surface area contributed by atoms with Crippen molar-refractivity contribution in [1.82, 2.24) is 9.80 Å². The number of benzene rings is 3. The highest BCUT2D eigenvalue weighted by molar-refractivity contribution is 6.32. The van der Waals surface area contributed by atoms with Crippen LogP contribution < -0.4 is 10.2 Å². The molecule has 1 aliphatic heterocycles. The molecule has 0 spiro atoms. The van der Waals surface area contributed by atoms with Gasteiger partial charge in [-0.05, 0) is 69.9 Å². The SMILES string of the molecule is CCN(CC)C(=O)Nc1ccc(CN2C(=O)C(c3ccccc3Cl)(N(C)C)c3cc(Cl)ccc32)cc1. The zero-order valence-electron chi connectivity index (χ0n) is 20.9. The van der Waals surface area contributed by atoms with Crippen LogP contribution >= 0.6 is 23.2 Å². The fraction of sp³-hybridized carbons (Fsp3) is 0.286. The van der Waals surface area contributed by atoms with E-state index in [1.165, 1.54) is 0 Å². The largest absolute Gasteiger partial charge is 0.325 e. The first kappa shape index (κ1) is 26.0. The Kier molecular flexibility index (Phi) is 7.59. The Hall–Kier alpha value is -3.06. The average molecular weight is 525 g/mol. The van der Waals surface area contributed by atoms with Gasteiger partial charge in [-0.1, -0.05) is 53.5 Å². The fourth-order valence-electron chi connectivity index (χ4n) is 4.89. The number of carbonyl (C=O) groups excluding carboxylic acids is 2. The van der Waals surface area contributed by atoms with E-state index < -0.39 is 5.54 Å². The number of nitrogens with zero attached hydrogens (tertiary/aromatic N) is 3. The summed E-state index contributed by atoms with van der Waals surface area (Å²) in [5.74, 6) is -0.100. The maximum atomic E-state index is 14.3. The monoisotopic (exact) mass is 524 g/mol. The van der Waals surface area contributed by atoms with E-state index >= 15 is 0 Å². The lowest BCUT2D eigenvalue weighted by Gasteiger charge is -2.36. The summed E-state index contributed by atoms with van der Waals surface area (Å²) in [7, 11) is 3.76. The minimum absolute atomic E-state index is 0.100. The lowest BCUT2D eigenvalue weighted by molar-refractivity contribution is -0.126. The van der Waals surface area contributed by atoms with Crippen LogP contribution in [0.15, 0.2) is 66.7 Å². The molecule has 3 amide bonds. The van der Waals surface area contributed by atoms with Crippen LogP contribution in [-0.2, 0) is 16.9 Å². The van der Waals surface area contributed by atoms with Crippen molar-refractivity contribution >= 4 is 46.5 Å². The molecule has 3 aromatic rings. The maximum absolute atomic E-state index is 14.3. The zero-order chi connectivity index (χ0) is 26.0. The highest BCUT2D eigenvalue weighted by Crippen LogP contribution is 2.50. The highest BCUT2D eigenvalue weighted by Gasteiger charge is 2.54. The smallest absolute Gasteiger partial charge is 0.321 e. The van der Waals surface area contributed by atoms with Gasteiger partial charge in [-0.25, -0.2) is 4.79 Å². The van der Waals surface area contributed by atoms with Gasteiger partial charge in [0.05, 0.1) is 12.2 Å². The van der Waals surface area contributed by atoms with Crippen molar-refractivity contribution in [2.45, 2.75) is 25.9 Å². The molecule has 0 bridgehead atoms. The second-order valence-corrected chi connectivity index (χ2v) is 9.78. The summed E-state index contributed by atoms with van der Waals surface area (Å²) in [6.45, 7) is 5.53. The van der Waals surface area contributed by atoms with Crippen LogP contribution in [-0.4, -0.2) is 48.9 Å². The second-order valence-electron chi connectivity index (χ2n) is 8.94. The third-order valence-electron chi connectivity index (χ3n) is 6.72. The van der Waals surface area contributed by atoms with Crippen molar-refractivity contribution in [3.63, 3.8) is 0 Å². The van der Waals surface area contributed by atoms with Crippen molar-refractivity contribution < 1.29 is 9.59 Å². The number of nitrogens with one attached hydrogen (secondary N) is 1. The Morgan fingerprint density at radius 3 is 2.22 bits per heavy atom. The third kappa shape index (κ3) is 4.45. The Balaban J connectivity index is 1.70.